The summed E-state index contributed by atoms with van der Waals surface area (Å²) in [7, 11) is 1.47. The molecule has 1 unspecified atom stereocenters. The maximum atomic E-state index is 11.9. The molecule has 0 aromatic heterocycles. The highest BCUT2D eigenvalue weighted by atomic mass is 16.5. The van der Waals surface area contributed by atoms with E-state index in [1.54, 1.807) is 0 Å². The first kappa shape index (κ1) is 14.4. The van der Waals surface area contributed by atoms with E-state index in [9.17, 15) is 4.79 Å². The highest BCUT2D eigenvalue weighted by Crippen LogP contribution is 2.30. The topological polar surface area (TPSA) is 38.8 Å². The van der Waals surface area contributed by atoms with E-state index in [-0.39, 0.29) is 18.1 Å². The van der Waals surface area contributed by atoms with Crippen molar-refractivity contribution < 1.29 is 14.3 Å². The van der Waals surface area contributed by atoms with Gasteiger partial charge in [0.2, 0.25) is 0 Å². The molecule has 114 valence electrons. The molecule has 2 aliphatic rings. The van der Waals surface area contributed by atoms with Gasteiger partial charge in [-0.3, -0.25) is 9.69 Å². The van der Waals surface area contributed by atoms with E-state index in [1.807, 2.05) is 0 Å². The van der Waals surface area contributed by atoms with Crippen LogP contribution >= 0.6 is 0 Å². The van der Waals surface area contributed by atoms with Crippen molar-refractivity contribution in [2.45, 2.75) is 44.8 Å². The van der Waals surface area contributed by atoms with Crippen molar-refractivity contribution in [1.82, 2.24) is 4.90 Å². The van der Waals surface area contributed by atoms with Crippen LogP contribution < -0.4 is 4.74 Å². The minimum atomic E-state index is -0.110. The molecule has 0 saturated carbocycles. The predicted molar refractivity (Wildman–Crippen MR) is 80.5 cm³/mol. The van der Waals surface area contributed by atoms with Gasteiger partial charge in [-0.2, -0.15) is 0 Å². The zero-order chi connectivity index (χ0) is 14.8. The summed E-state index contributed by atoms with van der Waals surface area (Å²) >= 11 is 0. The van der Waals surface area contributed by atoms with Gasteiger partial charge in [-0.25, -0.2) is 0 Å². The Hall–Kier alpha value is -1.55. The molecule has 1 saturated heterocycles. The maximum absolute atomic E-state index is 11.9. The number of hydrogen-bond donors (Lipinski definition) is 0. The molecule has 1 aromatic rings. The molecule has 21 heavy (non-hydrogen) atoms. The van der Waals surface area contributed by atoms with Crippen molar-refractivity contribution in [3.05, 3.63) is 29.3 Å². The summed E-state index contributed by atoms with van der Waals surface area (Å²) < 4.78 is 11.0. The number of esters is 1. The van der Waals surface area contributed by atoms with Gasteiger partial charge in [0, 0.05) is 13.0 Å². The maximum Gasteiger partial charge on any atom is 0.323 e. The van der Waals surface area contributed by atoms with Gasteiger partial charge in [0.25, 0.3) is 0 Å². The highest BCUT2D eigenvalue weighted by molar-refractivity contribution is 5.75. The standard InChI is InChI=1S/C17H23NO3/c1-12-6-7-16-13(9-12)10-14(21-16)11-18-8-4-3-5-15(18)17(19)20-2/h6-7,9,14-15H,3-5,8,10-11H2,1-2H3/t14?,15-/m1/s1. The van der Waals surface area contributed by atoms with Crippen LogP contribution in [0.15, 0.2) is 18.2 Å². The average Bonchev–Trinajstić information content (AvgIpc) is 2.88. The van der Waals surface area contributed by atoms with Gasteiger partial charge in [-0.1, -0.05) is 24.1 Å². The van der Waals surface area contributed by atoms with Crippen molar-refractivity contribution in [3.63, 3.8) is 0 Å². The first-order valence-corrected chi connectivity index (χ1v) is 7.75. The third kappa shape index (κ3) is 3.05. The monoisotopic (exact) mass is 289 g/mol. The average molecular weight is 289 g/mol. The summed E-state index contributed by atoms with van der Waals surface area (Å²) in [5, 5.41) is 0. The number of carbonyl (C=O) groups is 1. The minimum absolute atomic E-state index is 0.0993. The Bertz CT molecular complexity index is 529. The van der Waals surface area contributed by atoms with Crippen LogP contribution in [-0.4, -0.2) is 43.2 Å². The number of ether oxygens (including phenoxy) is 2. The summed E-state index contributed by atoms with van der Waals surface area (Å²) in [6.07, 6.45) is 4.22. The fraction of sp³-hybridized carbons (Fsp3) is 0.588. The second-order valence-corrected chi connectivity index (χ2v) is 6.08. The van der Waals surface area contributed by atoms with Gasteiger partial charge < -0.3 is 9.47 Å². The van der Waals surface area contributed by atoms with Gasteiger partial charge in [0.15, 0.2) is 0 Å². The van der Waals surface area contributed by atoms with Crippen LogP contribution in [0.2, 0.25) is 0 Å². The molecule has 0 aliphatic carbocycles. The first-order chi connectivity index (χ1) is 10.2. The smallest absolute Gasteiger partial charge is 0.323 e. The van der Waals surface area contributed by atoms with E-state index in [4.69, 9.17) is 9.47 Å². The minimum Gasteiger partial charge on any atom is -0.488 e. The number of fused-ring (bicyclic) bond motifs is 1. The number of hydrogen-bond acceptors (Lipinski definition) is 4. The number of likely N-dealkylation sites (tertiary alicyclic amines) is 1. The lowest BCUT2D eigenvalue weighted by Gasteiger charge is -2.34. The lowest BCUT2D eigenvalue weighted by molar-refractivity contribution is -0.148. The molecular formula is C17H23NO3. The zero-order valence-corrected chi connectivity index (χ0v) is 12.8. The van der Waals surface area contributed by atoms with Gasteiger partial charge in [-0.05, 0) is 37.9 Å². The molecule has 2 atom stereocenters. The Morgan fingerprint density at radius 3 is 3.10 bits per heavy atom. The number of benzene rings is 1. The molecule has 1 fully saturated rings. The number of piperidine rings is 1. The molecule has 0 spiro atoms. The van der Waals surface area contributed by atoms with E-state index < -0.39 is 0 Å². The van der Waals surface area contributed by atoms with Gasteiger partial charge in [-0.15, -0.1) is 0 Å². The molecule has 0 radical (unpaired) electrons. The number of rotatable bonds is 3. The fourth-order valence-electron chi connectivity index (χ4n) is 3.43. The fourth-order valence-corrected chi connectivity index (χ4v) is 3.43. The van der Waals surface area contributed by atoms with E-state index >= 15 is 0 Å². The van der Waals surface area contributed by atoms with E-state index in [0.29, 0.717) is 0 Å². The van der Waals surface area contributed by atoms with Crippen LogP contribution in [0.25, 0.3) is 0 Å². The highest BCUT2D eigenvalue weighted by Gasteiger charge is 2.33. The largest absolute Gasteiger partial charge is 0.488 e. The summed E-state index contributed by atoms with van der Waals surface area (Å²) in [5.74, 6) is 0.887. The van der Waals surface area contributed by atoms with Gasteiger partial charge >= 0.3 is 5.97 Å². The number of nitrogens with zero attached hydrogens (tertiary/aromatic N) is 1. The molecule has 3 rings (SSSR count). The van der Waals surface area contributed by atoms with Crippen molar-refractivity contribution in [2.24, 2.45) is 0 Å². The van der Waals surface area contributed by atoms with Gasteiger partial charge in [0.05, 0.1) is 7.11 Å². The SMILES string of the molecule is COC(=O)[C@H]1CCCCN1CC1Cc2cc(C)ccc2O1. The van der Waals surface area contributed by atoms with Crippen LogP contribution in [0.4, 0.5) is 0 Å². The quantitative estimate of drug-likeness (QED) is 0.801. The molecule has 1 aromatic carbocycles. The Labute approximate surface area is 126 Å². The van der Waals surface area contributed by atoms with Crippen molar-refractivity contribution >= 4 is 5.97 Å². The summed E-state index contributed by atoms with van der Waals surface area (Å²) in [4.78, 5) is 14.1. The summed E-state index contributed by atoms with van der Waals surface area (Å²) in [6, 6.07) is 6.24. The van der Waals surface area contributed by atoms with Crippen LogP contribution in [0, 0.1) is 6.92 Å². The molecular weight excluding hydrogens is 266 g/mol. The van der Waals surface area contributed by atoms with E-state index in [2.05, 4.69) is 30.0 Å². The van der Waals surface area contributed by atoms with Crippen LogP contribution in [0.3, 0.4) is 0 Å². The summed E-state index contributed by atoms with van der Waals surface area (Å²) in [6.45, 7) is 3.86. The Morgan fingerprint density at radius 1 is 1.43 bits per heavy atom. The van der Waals surface area contributed by atoms with Crippen LogP contribution in [0.5, 0.6) is 5.75 Å². The molecule has 0 N–H and O–H groups in total. The van der Waals surface area contributed by atoms with Crippen molar-refractivity contribution in [2.75, 3.05) is 20.2 Å². The third-order valence-electron chi connectivity index (χ3n) is 4.48. The second kappa shape index (κ2) is 6.06. The Morgan fingerprint density at radius 2 is 2.29 bits per heavy atom. The number of methoxy groups -OCH3 is 1. The second-order valence-electron chi connectivity index (χ2n) is 6.08. The Kier molecular flexibility index (Phi) is 4.15. The molecule has 2 aliphatic heterocycles. The van der Waals surface area contributed by atoms with Gasteiger partial charge in [0.1, 0.15) is 17.9 Å². The first-order valence-electron chi connectivity index (χ1n) is 7.75. The van der Waals surface area contributed by atoms with Crippen LogP contribution in [-0.2, 0) is 16.0 Å². The van der Waals surface area contributed by atoms with Crippen LogP contribution in [0.1, 0.15) is 30.4 Å². The molecule has 4 nitrogen and oxygen atoms in total. The number of carbonyl (C=O) groups excluding carboxylic acids is 1. The normalized spacial score (nSPS) is 25.2. The lowest BCUT2D eigenvalue weighted by Crippen LogP contribution is -2.49. The van der Waals surface area contributed by atoms with Crippen molar-refractivity contribution in [3.8, 4) is 5.75 Å². The lowest BCUT2D eigenvalue weighted by atomic mass is 10.0. The Balaban J connectivity index is 1.65. The predicted octanol–water partition coefficient (Wildman–Crippen LogP) is 2.33. The van der Waals surface area contributed by atoms with Crippen molar-refractivity contribution in [1.29, 1.82) is 0 Å². The summed E-state index contributed by atoms with van der Waals surface area (Å²) in [5.41, 5.74) is 2.55. The zero-order valence-electron chi connectivity index (χ0n) is 12.8. The number of aryl methyl sites for hydroxylation is 1. The molecule has 0 bridgehead atoms. The van der Waals surface area contributed by atoms with E-state index in [1.165, 1.54) is 18.2 Å². The molecule has 0 amide bonds. The molecule has 2 heterocycles. The van der Waals surface area contributed by atoms with E-state index in [0.717, 1.165) is 44.5 Å². The third-order valence-corrected chi connectivity index (χ3v) is 4.48. The molecule has 4 heteroatoms.